The highest BCUT2D eigenvalue weighted by Gasteiger charge is 2.10. The third kappa shape index (κ3) is 5.16. The Balaban J connectivity index is 1.84. The molecule has 3 aromatic rings. The maximum atomic E-state index is 11.0. The number of hydrogen-bond donors (Lipinski definition) is 0. The lowest BCUT2D eigenvalue weighted by molar-refractivity contribution is -0.384. The summed E-state index contributed by atoms with van der Waals surface area (Å²) in [7, 11) is 1.53. The molecular formula is C23H17ClN2O4. The number of halogens is 1. The van der Waals surface area contributed by atoms with Crippen molar-refractivity contribution in [2.24, 2.45) is 0 Å². The van der Waals surface area contributed by atoms with Crippen molar-refractivity contribution in [3.05, 3.63) is 98.6 Å². The summed E-state index contributed by atoms with van der Waals surface area (Å²) in [5.41, 5.74) is 2.36. The van der Waals surface area contributed by atoms with Crippen LogP contribution in [0, 0.1) is 21.4 Å². The Bertz CT molecular complexity index is 1130. The summed E-state index contributed by atoms with van der Waals surface area (Å²) in [6.45, 7) is 0.347. The number of nitriles is 1. The first-order chi connectivity index (χ1) is 14.5. The second kappa shape index (κ2) is 9.59. The van der Waals surface area contributed by atoms with E-state index in [9.17, 15) is 15.4 Å². The molecule has 0 unspecified atom stereocenters. The van der Waals surface area contributed by atoms with E-state index in [0.717, 1.165) is 5.56 Å². The van der Waals surface area contributed by atoms with Crippen molar-refractivity contribution < 1.29 is 14.4 Å². The predicted octanol–water partition coefficient (Wildman–Crippen LogP) is 5.90. The van der Waals surface area contributed by atoms with Crippen LogP contribution in [-0.2, 0) is 6.61 Å². The molecule has 0 radical (unpaired) electrons. The van der Waals surface area contributed by atoms with Crippen LogP contribution in [0.25, 0.3) is 11.6 Å². The van der Waals surface area contributed by atoms with Crippen LogP contribution in [0.3, 0.4) is 0 Å². The summed E-state index contributed by atoms with van der Waals surface area (Å²) in [5, 5.41) is 21.2. The van der Waals surface area contributed by atoms with Crippen molar-refractivity contribution in [1.29, 1.82) is 5.26 Å². The molecule has 3 rings (SSSR count). The number of benzene rings is 3. The average molecular weight is 421 g/mol. The molecule has 0 heterocycles. The Morgan fingerprint density at radius 1 is 1.13 bits per heavy atom. The normalized spacial score (nSPS) is 10.9. The highest BCUT2D eigenvalue weighted by molar-refractivity contribution is 6.30. The SMILES string of the molecule is COc1cc(/C=C(/C#N)c2cccc([N+](=O)[O-])c2)ccc1OCc1ccc(Cl)cc1. The van der Waals surface area contributed by atoms with Crippen LogP contribution in [0.5, 0.6) is 11.5 Å². The maximum Gasteiger partial charge on any atom is 0.270 e. The summed E-state index contributed by atoms with van der Waals surface area (Å²) < 4.78 is 11.3. The summed E-state index contributed by atoms with van der Waals surface area (Å²) in [5.74, 6) is 1.06. The first-order valence-electron chi connectivity index (χ1n) is 8.92. The lowest BCUT2D eigenvalue weighted by Gasteiger charge is -2.12. The first kappa shape index (κ1) is 20.9. The van der Waals surface area contributed by atoms with Crippen LogP contribution in [-0.4, -0.2) is 12.0 Å². The topological polar surface area (TPSA) is 85.4 Å². The summed E-state index contributed by atoms with van der Waals surface area (Å²) in [6.07, 6.45) is 1.64. The van der Waals surface area contributed by atoms with Gasteiger partial charge in [0.1, 0.15) is 6.61 Å². The lowest BCUT2D eigenvalue weighted by Crippen LogP contribution is -1.98. The Labute approximate surface area is 178 Å². The second-order valence-electron chi connectivity index (χ2n) is 6.30. The number of allylic oxidation sites excluding steroid dienone is 1. The van der Waals surface area contributed by atoms with Crippen molar-refractivity contribution in [1.82, 2.24) is 0 Å². The van der Waals surface area contributed by atoms with Crippen LogP contribution < -0.4 is 9.47 Å². The largest absolute Gasteiger partial charge is 0.493 e. The van der Waals surface area contributed by atoms with Gasteiger partial charge in [0.15, 0.2) is 11.5 Å². The fourth-order valence-corrected chi connectivity index (χ4v) is 2.89. The van der Waals surface area contributed by atoms with Crippen LogP contribution in [0.15, 0.2) is 66.7 Å². The summed E-state index contributed by atoms with van der Waals surface area (Å²) >= 11 is 5.89. The first-order valence-corrected chi connectivity index (χ1v) is 9.30. The summed E-state index contributed by atoms with van der Waals surface area (Å²) in [4.78, 5) is 10.5. The quantitative estimate of drug-likeness (QED) is 0.205. The van der Waals surface area contributed by atoms with Gasteiger partial charge in [0.2, 0.25) is 0 Å². The van der Waals surface area contributed by atoms with Gasteiger partial charge in [0, 0.05) is 17.2 Å². The van der Waals surface area contributed by atoms with Gasteiger partial charge in [-0.2, -0.15) is 5.26 Å². The van der Waals surface area contributed by atoms with Gasteiger partial charge in [-0.3, -0.25) is 10.1 Å². The molecule has 0 fully saturated rings. The minimum absolute atomic E-state index is 0.0721. The molecule has 0 spiro atoms. The van der Waals surface area contributed by atoms with Gasteiger partial charge < -0.3 is 9.47 Å². The van der Waals surface area contributed by atoms with Crippen molar-refractivity contribution in [2.45, 2.75) is 6.61 Å². The molecule has 0 amide bonds. The van der Waals surface area contributed by atoms with Crippen molar-refractivity contribution >= 4 is 28.9 Å². The Morgan fingerprint density at radius 3 is 2.57 bits per heavy atom. The number of methoxy groups -OCH3 is 1. The Morgan fingerprint density at radius 2 is 1.90 bits per heavy atom. The molecule has 150 valence electrons. The zero-order chi connectivity index (χ0) is 21.5. The average Bonchev–Trinajstić information content (AvgIpc) is 2.77. The predicted molar refractivity (Wildman–Crippen MR) is 115 cm³/mol. The van der Waals surface area contributed by atoms with Crippen molar-refractivity contribution in [3.8, 4) is 17.6 Å². The van der Waals surface area contributed by atoms with E-state index in [4.69, 9.17) is 21.1 Å². The number of non-ortho nitro benzene ring substituents is 1. The Hall–Kier alpha value is -3.82. The molecule has 0 aliphatic rings. The molecule has 0 aromatic heterocycles. The molecular weight excluding hydrogens is 404 g/mol. The van der Waals surface area contributed by atoms with Crippen LogP contribution in [0.4, 0.5) is 5.69 Å². The van der Waals surface area contributed by atoms with Gasteiger partial charge in [-0.15, -0.1) is 0 Å². The monoisotopic (exact) mass is 420 g/mol. The molecule has 0 saturated heterocycles. The van der Waals surface area contributed by atoms with Gasteiger partial charge in [0.25, 0.3) is 5.69 Å². The zero-order valence-corrected chi connectivity index (χ0v) is 16.8. The molecule has 0 aliphatic carbocycles. The fraction of sp³-hybridized carbons (Fsp3) is 0.0870. The van der Waals surface area contributed by atoms with Gasteiger partial charge in [0.05, 0.1) is 23.7 Å². The number of nitrogens with zero attached hydrogens (tertiary/aromatic N) is 2. The highest BCUT2D eigenvalue weighted by atomic mass is 35.5. The second-order valence-corrected chi connectivity index (χ2v) is 6.74. The minimum atomic E-state index is -0.492. The molecule has 7 heteroatoms. The smallest absolute Gasteiger partial charge is 0.270 e. The van der Waals surface area contributed by atoms with E-state index in [1.54, 1.807) is 48.5 Å². The van der Waals surface area contributed by atoms with Gasteiger partial charge in [-0.25, -0.2) is 0 Å². The molecule has 0 aliphatic heterocycles. The third-order valence-electron chi connectivity index (χ3n) is 4.29. The van der Waals surface area contributed by atoms with Crippen LogP contribution in [0.2, 0.25) is 5.02 Å². The van der Waals surface area contributed by atoms with Gasteiger partial charge in [-0.05, 0) is 47.0 Å². The number of hydrogen-bond acceptors (Lipinski definition) is 5. The molecule has 0 atom stereocenters. The van der Waals surface area contributed by atoms with Crippen molar-refractivity contribution in [3.63, 3.8) is 0 Å². The van der Waals surface area contributed by atoms with Gasteiger partial charge >= 0.3 is 0 Å². The molecule has 6 nitrogen and oxygen atoms in total. The standard InChI is InChI=1S/C23H17ClN2O4/c1-29-23-12-17(7-10-22(23)30-15-16-5-8-20(24)9-6-16)11-19(14-25)18-3-2-4-21(13-18)26(27)28/h2-13H,15H2,1H3/b19-11-. The molecule has 0 saturated carbocycles. The van der Waals surface area contributed by atoms with E-state index < -0.39 is 4.92 Å². The van der Waals surface area contributed by atoms with E-state index in [-0.39, 0.29) is 5.69 Å². The number of nitro benzene ring substituents is 1. The zero-order valence-electron chi connectivity index (χ0n) is 16.0. The molecule has 3 aromatic carbocycles. The molecule has 0 N–H and O–H groups in total. The molecule has 30 heavy (non-hydrogen) atoms. The van der Waals surface area contributed by atoms with Crippen molar-refractivity contribution in [2.75, 3.05) is 7.11 Å². The maximum absolute atomic E-state index is 11.0. The number of ether oxygens (including phenoxy) is 2. The molecule has 0 bridgehead atoms. The fourth-order valence-electron chi connectivity index (χ4n) is 2.77. The van der Waals surface area contributed by atoms with E-state index in [0.29, 0.717) is 39.8 Å². The van der Waals surface area contributed by atoms with E-state index in [1.807, 2.05) is 12.1 Å². The number of nitro groups is 1. The van der Waals surface area contributed by atoms with E-state index in [1.165, 1.54) is 19.2 Å². The van der Waals surface area contributed by atoms with E-state index in [2.05, 4.69) is 6.07 Å². The van der Waals surface area contributed by atoms with Crippen LogP contribution in [0.1, 0.15) is 16.7 Å². The lowest BCUT2D eigenvalue weighted by atomic mass is 10.0. The van der Waals surface area contributed by atoms with E-state index >= 15 is 0 Å². The van der Waals surface area contributed by atoms with Crippen LogP contribution >= 0.6 is 11.6 Å². The summed E-state index contributed by atoms with van der Waals surface area (Å²) in [6, 6.07) is 20.7. The highest BCUT2D eigenvalue weighted by Crippen LogP contribution is 2.31. The van der Waals surface area contributed by atoms with Gasteiger partial charge in [-0.1, -0.05) is 41.9 Å². The third-order valence-corrected chi connectivity index (χ3v) is 4.55. The number of rotatable bonds is 7. The minimum Gasteiger partial charge on any atom is -0.493 e. The Kier molecular flexibility index (Phi) is 6.68.